The van der Waals surface area contributed by atoms with Gasteiger partial charge in [-0.2, -0.15) is 0 Å². The third-order valence-corrected chi connectivity index (χ3v) is 9.22. The number of methoxy groups -OCH3 is 4. The highest BCUT2D eigenvalue weighted by Gasteiger charge is 2.31. The average Bonchev–Trinajstić information content (AvgIpc) is 3.22. The molecule has 0 amide bonds. The Kier molecular flexibility index (Phi) is 12.8. The van der Waals surface area contributed by atoms with Gasteiger partial charge in [-0.1, -0.05) is 12.2 Å². The summed E-state index contributed by atoms with van der Waals surface area (Å²) in [5.41, 5.74) is 4.39. The van der Waals surface area contributed by atoms with Gasteiger partial charge in [-0.15, -0.1) is 0 Å². The number of ether oxygens (including phenoxy) is 6. The van der Waals surface area contributed by atoms with E-state index in [-0.39, 0.29) is 0 Å². The zero-order chi connectivity index (χ0) is 37.6. The zero-order valence-corrected chi connectivity index (χ0v) is 31.4. The van der Waals surface area contributed by atoms with E-state index in [9.17, 15) is 0 Å². The van der Waals surface area contributed by atoms with Crippen molar-refractivity contribution in [1.82, 2.24) is 0 Å². The number of hydrogen-bond donors (Lipinski definition) is 4. The number of anilines is 4. The first kappa shape index (κ1) is 37.9. The van der Waals surface area contributed by atoms with E-state index in [1.54, 1.807) is 28.4 Å². The molecule has 2 aliphatic rings. The van der Waals surface area contributed by atoms with Crippen LogP contribution in [0.2, 0.25) is 0 Å². The van der Waals surface area contributed by atoms with Crippen LogP contribution in [0.5, 0.6) is 23.0 Å². The van der Waals surface area contributed by atoms with Gasteiger partial charge >= 0.3 is 0 Å². The smallest absolute Gasteiger partial charge is 0.161 e. The first-order chi connectivity index (χ1) is 26.4. The molecule has 0 aromatic heterocycles. The van der Waals surface area contributed by atoms with Gasteiger partial charge in [0.05, 0.1) is 28.4 Å². The summed E-state index contributed by atoms with van der Waals surface area (Å²) in [5.74, 6) is 3.23. The van der Waals surface area contributed by atoms with Crippen molar-refractivity contribution in [1.29, 1.82) is 0 Å². The lowest BCUT2D eigenvalue weighted by Crippen LogP contribution is -2.41. The van der Waals surface area contributed by atoms with Crippen LogP contribution in [0.25, 0.3) is 0 Å². The Balaban J connectivity index is 1.06. The number of rotatable bonds is 19. The SMILES string of the molecule is COc1ccc(NC2=CCC(Nc3ccc(OC)cc3)(OCCCCOC3(Nc4ccc(OC)cc4)C=CC(Nc4ccc(OC)cc4)=CC3)C=C2)cc1. The molecule has 4 aromatic carbocycles. The zero-order valence-electron chi connectivity index (χ0n) is 31.4. The first-order valence-corrected chi connectivity index (χ1v) is 18.1. The Morgan fingerprint density at radius 2 is 0.759 bits per heavy atom. The molecule has 4 aromatic rings. The molecule has 0 bridgehead atoms. The second-order valence-electron chi connectivity index (χ2n) is 13.0. The average molecular weight is 731 g/mol. The van der Waals surface area contributed by atoms with Gasteiger partial charge in [0.2, 0.25) is 0 Å². The fraction of sp³-hybridized carbons (Fsp3) is 0.273. The Bertz CT molecular complexity index is 1770. The molecule has 0 spiro atoms. The number of unbranched alkanes of at least 4 members (excludes halogenated alkanes) is 1. The number of benzene rings is 4. The fourth-order valence-electron chi connectivity index (χ4n) is 6.13. The minimum absolute atomic E-state index is 0.538. The molecule has 0 aliphatic heterocycles. The van der Waals surface area contributed by atoms with Crippen LogP contribution in [-0.2, 0) is 9.47 Å². The lowest BCUT2D eigenvalue weighted by Gasteiger charge is -2.35. The van der Waals surface area contributed by atoms with Crippen molar-refractivity contribution in [3.63, 3.8) is 0 Å². The van der Waals surface area contributed by atoms with E-state index in [0.717, 1.165) is 70.0 Å². The molecular formula is C44H50N4O6. The first-order valence-electron chi connectivity index (χ1n) is 18.1. The minimum atomic E-state index is -0.720. The molecule has 0 saturated heterocycles. The van der Waals surface area contributed by atoms with Crippen molar-refractivity contribution >= 4 is 22.7 Å². The van der Waals surface area contributed by atoms with Gasteiger partial charge in [-0.3, -0.25) is 0 Å². The Labute approximate surface area is 318 Å². The summed E-state index contributed by atoms with van der Waals surface area (Å²) >= 11 is 0. The van der Waals surface area contributed by atoms with E-state index in [0.29, 0.717) is 26.1 Å². The Morgan fingerprint density at radius 3 is 1.04 bits per heavy atom. The van der Waals surface area contributed by atoms with Crippen molar-refractivity contribution in [3.05, 3.63) is 145 Å². The van der Waals surface area contributed by atoms with E-state index in [1.807, 2.05) is 97.1 Å². The van der Waals surface area contributed by atoms with Crippen molar-refractivity contribution in [3.8, 4) is 23.0 Å². The fourth-order valence-corrected chi connectivity index (χ4v) is 6.13. The monoisotopic (exact) mass is 730 g/mol. The van der Waals surface area contributed by atoms with Crippen LogP contribution in [0.4, 0.5) is 22.7 Å². The topological polar surface area (TPSA) is 104 Å². The van der Waals surface area contributed by atoms with Crippen LogP contribution in [0.1, 0.15) is 25.7 Å². The van der Waals surface area contributed by atoms with Crippen LogP contribution in [0.15, 0.2) is 145 Å². The molecule has 0 fully saturated rings. The highest BCUT2D eigenvalue weighted by atomic mass is 16.5. The summed E-state index contributed by atoms with van der Waals surface area (Å²) in [5, 5.41) is 14.2. The summed E-state index contributed by atoms with van der Waals surface area (Å²) in [6.07, 6.45) is 15.5. The van der Waals surface area contributed by atoms with E-state index < -0.39 is 11.4 Å². The van der Waals surface area contributed by atoms with Gasteiger partial charge in [0, 0.05) is 60.2 Å². The second-order valence-corrected chi connectivity index (χ2v) is 13.0. The molecule has 10 heteroatoms. The van der Waals surface area contributed by atoms with Gasteiger partial charge in [0.15, 0.2) is 11.4 Å². The lowest BCUT2D eigenvalue weighted by molar-refractivity contribution is -0.00748. The van der Waals surface area contributed by atoms with Crippen LogP contribution in [-0.4, -0.2) is 53.1 Å². The summed E-state index contributed by atoms with van der Waals surface area (Å²) in [6.45, 7) is 1.08. The Hall–Kier alpha value is -5.84. The molecule has 0 heterocycles. The third kappa shape index (κ3) is 10.4. The van der Waals surface area contributed by atoms with Crippen LogP contribution in [0.3, 0.4) is 0 Å². The molecule has 2 aliphatic carbocycles. The number of allylic oxidation sites excluding steroid dienone is 2. The summed E-state index contributed by atoms with van der Waals surface area (Å²) in [6, 6.07) is 31.5. The van der Waals surface area contributed by atoms with Crippen LogP contribution < -0.4 is 40.2 Å². The maximum Gasteiger partial charge on any atom is 0.161 e. The maximum absolute atomic E-state index is 6.64. The highest BCUT2D eigenvalue weighted by Crippen LogP contribution is 2.32. The quantitative estimate of drug-likeness (QED) is 0.0551. The van der Waals surface area contributed by atoms with Crippen molar-refractivity contribution in [2.75, 3.05) is 62.9 Å². The molecule has 4 N–H and O–H groups in total. The second kappa shape index (κ2) is 18.3. The van der Waals surface area contributed by atoms with Crippen LogP contribution >= 0.6 is 0 Å². The van der Waals surface area contributed by atoms with Crippen molar-refractivity contribution < 1.29 is 28.4 Å². The predicted molar refractivity (Wildman–Crippen MR) is 217 cm³/mol. The predicted octanol–water partition coefficient (Wildman–Crippen LogP) is 9.36. The highest BCUT2D eigenvalue weighted by molar-refractivity contribution is 5.57. The summed E-state index contributed by atoms with van der Waals surface area (Å²) in [4.78, 5) is 0. The maximum atomic E-state index is 6.64. The number of nitrogens with one attached hydrogen (secondary N) is 4. The van der Waals surface area contributed by atoms with E-state index in [2.05, 4.69) is 57.7 Å². The molecule has 0 saturated carbocycles. The summed E-state index contributed by atoms with van der Waals surface area (Å²) < 4.78 is 34.6. The van der Waals surface area contributed by atoms with Crippen LogP contribution in [0, 0.1) is 0 Å². The van der Waals surface area contributed by atoms with Crippen molar-refractivity contribution in [2.45, 2.75) is 37.1 Å². The van der Waals surface area contributed by atoms with E-state index in [1.165, 1.54) is 0 Å². The van der Waals surface area contributed by atoms with Crippen molar-refractivity contribution in [2.24, 2.45) is 0 Å². The molecule has 54 heavy (non-hydrogen) atoms. The molecule has 2 atom stereocenters. The lowest BCUT2D eigenvalue weighted by atomic mass is 10.0. The van der Waals surface area contributed by atoms with Gasteiger partial charge in [0.25, 0.3) is 0 Å². The van der Waals surface area contributed by atoms with Gasteiger partial charge in [0.1, 0.15) is 23.0 Å². The molecule has 10 nitrogen and oxygen atoms in total. The largest absolute Gasteiger partial charge is 0.497 e. The molecule has 2 unspecified atom stereocenters. The normalized spacial score (nSPS) is 18.9. The van der Waals surface area contributed by atoms with Gasteiger partial charge in [-0.25, -0.2) is 0 Å². The Morgan fingerprint density at radius 1 is 0.444 bits per heavy atom. The minimum Gasteiger partial charge on any atom is -0.497 e. The third-order valence-electron chi connectivity index (χ3n) is 9.22. The molecule has 6 rings (SSSR count). The molecule has 282 valence electrons. The molecule has 0 radical (unpaired) electrons. The van der Waals surface area contributed by atoms with Gasteiger partial charge in [-0.05, 0) is 134 Å². The summed E-state index contributed by atoms with van der Waals surface area (Å²) in [7, 11) is 6.66. The van der Waals surface area contributed by atoms with E-state index in [4.69, 9.17) is 28.4 Å². The van der Waals surface area contributed by atoms with Gasteiger partial charge < -0.3 is 49.7 Å². The molecular weight excluding hydrogens is 681 g/mol. The number of hydrogen-bond acceptors (Lipinski definition) is 10. The standard InChI is InChI=1S/C44H50N4O6/c1-49-39-15-7-33(8-16-39)45-35-23-27-43(28-24-35,47-37-11-19-41(51-3)20-12-37)53-31-5-6-32-54-44(48-38-13-21-42(52-4)22-14-38)29-25-36(26-30-44)46-34-9-17-40(50-2)18-10-34/h7-27,29,45-48H,5-6,28,30-32H2,1-4H3. The van der Waals surface area contributed by atoms with E-state index >= 15 is 0 Å².